The fourth-order valence-corrected chi connectivity index (χ4v) is 2.88. The predicted molar refractivity (Wildman–Crippen MR) is 104 cm³/mol. The second-order valence-electron chi connectivity index (χ2n) is 7.61. The van der Waals surface area contributed by atoms with E-state index in [9.17, 15) is 14.4 Å². The van der Waals surface area contributed by atoms with E-state index in [1.807, 2.05) is 12.1 Å². The molecule has 0 unspecified atom stereocenters. The third-order valence-electron chi connectivity index (χ3n) is 4.13. The molecule has 2 aromatic carbocycles. The highest BCUT2D eigenvalue weighted by molar-refractivity contribution is 5.66. The van der Waals surface area contributed by atoms with Crippen LogP contribution >= 0.6 is 0 Å². The number of nitrogens with zero attached hydrogens (tertiary/aromatic N) is 1. The first-order valence-electron chi connectivity index (χ1n) is 9.26. The van der Waals surface area contributed by atoms with Crippen molar-refractivity contribution in [1.29, 1.82) is 0 Å². The van der Waals surface area contributed by atoms with Crippen LogP contribution in [0.1, 0.15) is 50.3 Å². The van der Waals surface area contributed by atoms with Crippen LogP contribution in [0.3, 0.4) is 0 Å². The number of amides is 1. The van der Waals surface area contributed by atoms with E-state index in [-0.39, 0.29) is 11.7 Å². The van der Waals surface area contributed by atoms with E-state index in [0.717, 1.165) is 18.4 Å². The molecule has 146 valence electrons. The third kappa shape index (κ3) is 6.93. The smallest absolute Gasteiger partial charge is 0.438 e. The third-order valence-corrected chi connectivity index (χ3v) is 4.13. The van der Waals surface area contributed by atoms with Crippen LogP contribution in [-0.4, -0.2) is 21.9 Å². The van der Waals surface area contributed by atoms with Crippen molar-refractivity contribution in [2.24, 2.45) is 0 Å². The molecule has 1 aliphatic rings. The summed E-state index contributed by atoms with van der Waals surface area (Å²) in [5.74, 6) is 0.488. The van der Waals surface area contributed by atoms with E-state index >= 15 is 0 Å². The number of ether oxygens (including phenoxy) is 1. The molecular weight excluding hydrogens is 345 g/mol. The Kier molecular flexibility index (Phi) is 7.22. The summed E-state index contributed by atoms with van der Waals surface area (Å²) in [7, 11) is 0. The lowest BCUT2D eigenvalue weighted by Crippen LogP contribution is -2.31. The number of phenols is 1. The van der Waals surface area contributed by atoms with Crippen LogP contribution in [0.15, 0.2) is 48.5 Å². The molecule has 1 amide bonds. The van der Waals surface area contributed by atoms with Gasteiger partial charge in [0.15, 0.2) is 0 Å². The average molecular weight is 373 g/mol. The number of aromatic hydroxyl groups is 1. The molecule has 2 aromatic rings. The molecule has 1 aliphatic carbocycles. The summed E-state index contributed by atoms with van der Waals surface area (Å²) in [6.07, 6.45) is 3.74. The normalized spacial score (nSPS) is 13.0. The zero-order chi connectivity index (χ0) is 19.9. The Labute approximate surface area is 160 Å². The minimum absolute atomic E-state index is 0.0700. The van der Waals surface area contributed by atoms with Crippen LogP contribution in [0.25, 0.3) is 0 Å². The molecular formula is C22H28FNO3. The van der Waals surface area contributed by atoms with Crippen molar-refractivity contribution in [3.8, 4) is 5.75 Å². The molecule has 0 radical (unpaired) electrons. The SMILES string of the molecule is CC(C)(C)OC(=O)N(F)Cc1ccccc1.Oc1cccc2c1CCCC2. The molecule has 0 heterocycles. The van der Waals surface area contributed by atoms with E-state index in [1.54, 1.807) is 51.1 Å². The van der Waals surface area contributed by atoms with Gasteiger partial charge in [-0.25, -0.2) is 4.79 Å². The Morgan fingerprint density at radius 2 is 1.74 bits per heavy atom. The number of carbonyl (C=O) groups is 1. The molecule has 0 saturated heterocycles. The van der Waals surface area contributed by atoms with Crippen molar-refractivity contribution in [3.63, 3.8) is 0 Å². The number of rotatable bonds is 2. The summed E-state index contributed by atoms with van der Waals surface area (Å²) in [5.41, 5.74) is 2.56. The second-order valence-corrected chi connectivity index (χ2v) is 7.61. The Hall–Kier alpha value is -2.56. The minimum atomic E-state index is -0.962. The van der Waals surface area contributed by atoms with Gasteiger partial charge in [-0.05, 0) is 69.2 Å². The van der Waals surface area contributed by atoms with Gasteiger partial charge in [0.05, 0.1) is 6.54 Å². The zero-order valence-corrected chi connectivity index (χ0v) is 16.2. The molecule has 5 heteroatoms. The first-order valence-corrected chi connectivity index (χ1v) is 9.26. The van der Waals surface area contributed by atoms with Gasteiger partial charge in [0.25, 0.3) is 0 Å². The molecule has 0 saturated carbocycles. The molecule has 0 spiro atoms. The number of fused-ring (bicyclic) bond motifs is 1. The number of carbonyl (C=O) groups excluding carboxylic acids is 1. The van der Waals surface area contributed by atoms with E-state index in [1.165, 1.54) is 24.0 Å². The number of aryl methyl sites for hydroxylation is 1. The summed E-state index contributed by atoms with van der Waals surface area (Å²) in [5, 5.41) is 9.53. The van der Waals surface area contributed by atoms with E-state index in [4.69, 9.17) is 4.74 Å². The Morgan fingerprint density at radius 3 is 2.37 bits per heavy atom. The summed E-state index contributed by atoms with van der Waals surface area (Å²) in [6.45, 7) is 4.99. The maximum atomic E-state index is 13.4. The number of halogens is 1. The fraction of sp³-hybridized carbons (Fsp3) is 0.409. The lowest BCUT2D eigenvalue weighted by Gasteiger charge is -2.21. The monoisotopic (exact) mass is 373 g/mol. The topological polar surface area (TPSA) is 49.8 Å². The maximum Gasteiger partial charge on any atom is 0.438 e. The van der Waals surface area contributed by atoms with Gasteiger partial charge in [-0.3, -0.25) is 0 Å². The summed E-state index contributed by atoms with van der Waals surface area (Å²) in [6, 6.07) is 14.7. The van der Waals surface area contributed by atoms with Crippen LogP contribution in [0.4, 0.5) is 9.28 Å². The molecule has 27 heavy (non-hydrogen) atoms. The lowest BCUT2D eigenvalue weighted by molar-refractivity contribution is -0.0350. The second kappa shape index (κ2) is 9.40. The van der Waals surface area contributed by atoms with E-state index in [2.05, 4.69) is 6.07 Å². The molecule has 3 rings (SSSR count). The molecule has 0 aromatic heterocycles. The van der Waals surface area contributed by atoms with Crippen LogP contribution in [0.5, 0.6) is 5.75 Å². The summed E-state index contributed by atoms with van der Waals surface area (Å²) < 4.78 is 18.3. The van der Waals surface area contributed by atoms with Crippen molar-refractivity contribution < 1.29 is 19.1 Å². The minimum Gasteiger partial charge on any atom is -0.508 e. The molecule has 0 bridgehead atoms. The fourth-order valence-electron chi connectivity index (χ4n) is 2.88. The lowest BCUT2D eigenvalue weighted by atomic mass is 9.91. The van der Waals surface area contributed by atoms with Gasteiger partial charge in [-0.1, -0.05) is 46.9 Å². The average Bonchev–Trinajstić information content (AvgIpc) is 2.62. The van der Waals surface area contributed by atoms with Crippen molar-refractivity contribution in [2.75, 3.05) is 0 Å². The molecule has 1 N–H and O–H groups in total. The number of hydrogen-bond donors (Lipinski definition) is 1. The van der Waals surface area contributed by atoms with Crippen molar-refractivity contribution in [3.05, 3.63) is 65.2 Å². The molecule has 0 atom stereocenters. The largest absolute Gasteiger partial charge is 0.508 e. The summed E-state index contributed by atoms with van der Waals surface area (Å²) >= 11 is 0. The van der Waals surface area contributed by atoms with Gasteiger partial charge in [-0.2, -0.15) is 0 Å². The van der Waals surface area contributed by atoms with Crippen LogP contribution in [0, 0.1) is 0 Å². The van der Waals surface area contributed by atoms with Gasteiger partial charge >= 0.3 is 6.09 Å². The predicted octanol–water partition coefficient (Wildman–Crippen LogP) is 5.58. The zero-order valence-electron chi connectivity index (χ0n) is 16.2. The van der Waals surface area contributed by atoms with Gasteiger partial charge in [0.1, 0.15) is 11.4 Å². The van der Waals surface area contributed by atoms with Crippen molar-refractivity contribution in [1.82, 2.24) is 5.12 Å². The van der Waals surface area contributed by atoms with Crippen LogP contribution in [0.2, 0.25) is 0 Å². The van der Waals surface area contributed by atoms with Gasteiger partial charge in [0, 0.05) is 0 Å². The van der Waals surface area contributed by atoms with Crippen molar-refractivity contribution in [2.45, 2.75) is 58.6 Å². The first kappa shape index (κ1) is 20.7. The standard InChI is InChI=1S/C12H16FNO2.C10H12O/c1-12(2,3)16-11(15)14(13)9-10-7-5-4-6-8-10;11-10-7-3-5-8-4-1-2-6-9(8)10/h4-8H,9H2,1-3H3;3,5,7,11H,1-2,4,6H2. The van der Waals surface area contributed by atoms with Crippen LogP contribution in [-0.2, 0) is 24.1 Å². The highest BCUT2D eigenvalue weighted by atomic mass is 19.2. The van der Waals surface area contributed by atoms with Gasteiger partial charge in [-0.15, -0.1) is 5.12 Å². The Bertz CT molecular complexity index is 741. The number of hydrogen-bond acceptors (Lipinski definition) is 3. The van der Waals surface area contributed by atoms with Crippen molar-refractivity contribution >= 4 is 6.09 Å². The maximum absolute atomic E-state index is 13.4. The highest BCUT2D eigenvalue weighted by Gasteiger charge is 2.22. The Balaban J connectivity index is 0.000000206. The van der Waals surface area contributed by atoms with Gasteiger partial charge in [0.2, 0.25) is 0 Å². The van der Waals surface area contributed by atoms with Gasteiger partial charge < -0.3 is 9.84 Å². The molecule has 0 fully saturated rings. The number of benzene rings is 2. The quantitative estimate of drug-likeness (QED) is 0.699. The highest BCUT2D eigenvalue weighted by Crippen LogP contribution is 2.28. The molecule has 4 nitrogen and oxygen atoms in total. The van der Waals surface area contributed by atoms with E-state index < -0.39 is 11.7 Å². The molecule has 0 aliphatic heterocycles. The van der Waals surface area contributed by atoms with Crippen LogP contribution < -0.4 is 0 Å². The Morgan fingerprint density at radius 1 is 1.07 bits per heavy atom. The first-order chi connectivity index (χ1) is 12.8. The summed E-state index contributed by atoms with van der Waals surface area (Å²) in [4.78, 5) is 11.3. The van der Waals surface area contributed by atoms with E-state index in [0.29, 0.717) is 5.75 Å². The number of phenolic OH excluding ortho intramolecular Hbond substituents is 1.